The molecule has 1 N–H and O–H groups in total. The summed E-state index contributed by atoms with van der Waals surface area (Å²) in [5.41, 5.74) is 1.24. The second kappa shape index (κ2) is 5.10. The van der Waals surface area contributed by atoms with Crippen LogP contribution < -0.4 is 5.32 Å². The fourth-order valence-corrected chi connectivity index (χ4v) is 1.35. The van der Waals surface area contributed by atoms with Gasteiger partial charge in [0.2, 0.25) is 0 Å². The van der Waals surface area contributed by atoms with Gasteiger partial charge in [0, 0.05) is 25.1 Å². The van der Waals surface area contributed by atoms with Gasteiger partial charge in [-0.3, -0.25) is 4.98 Å². The summed E-state index contributed by atoms with van der Waals surface area (Å²) in [5, 5.41) is 3.25. The van der Waals surface area contributed by atoms with Gasteiger partial charge in [0.1, 0.15) is 5.82 Å². The van der Waals surface area contributed by atoms with Gasteiger partial charge in [-0.05, 0) is 30.2 Å². The monoisotopic (exact) mass is 199 g/mol. The molecule has 3 heteroatoms. The molecule has 0 saturated carbocycles. The lowest BCUT2D eigenvalue weighted by Crippen LogP contribution is -2.05. The van der Waals surface area contributed by atoms with Crippen molar-refractivity contribution in [2.45, 2.75) is 6.42 Å². The number of nitrogens with one attached hydrogen (secondary N) is 1. The molecular weight excluding hydrogens is 186 g/mol. The van der Waals surface area contributed by atoms with E-state index in [0.717, 1.165) is 18.8 Å². The molecule has 0 aliphatic carbocycles. The van der Waals surface area contributed by atoms with E-state index in [2.05, 4.69) is 21.4 Å². The summed E-state index contributed by atoms with van der Waals surface area (Å²) in [7, 11) is 0. The van der Waals surface area contributed by atoms with Gasteiger partial charge < -0.3 is 5.32 Å². The summed E-state index contributed by atoms with van der Waals surface area (Å²) in [6.45, 7) is 0.878. The largest absolute Gasteiger partial charge is 0.370 e. The molecule has 15 heavy (non-hydrogen) atoms. The van der Waals surface area contributed by atoms with Crippen LogP contribution in [0.15, 0.2) is 48.9 Å². The van der Waals surface area contributed by atoms with Gasteiger partial charge >= 0.3 is 0 Å². The maximum Gasteiger partial charge on any atom is 0.125 e. The molecule has 2 rings (SSSR count). The van der Waals surface area contributed by atoms with E-state index in [9.17, 15) is 0 Å². The quantitative estimate of drug-likeness (QED) is 0.819. The Morgan fingerprint density at radius 2 is 2.07 bits per heavy atom. The third-order valence-electron chi connectivity index (χ3n) is 2.11. The highest BCUT2D eigenvalue weighted by atomic mass is 15.0. The molecule has 76 valence electrons. The summed E-state index contributed by atoms with van der Waals surface area (Å²) >= 11 is 0. The van der Waals surface area contributed by atoms with E-state index in [1.54, 1.807) is 12.4 Å². The second-order valence-electron chi connectivity index (χ2n) is 3.25. The fourth-order valence-electron chi connectivity index (χ4n) is 1.35. The summed E-state index contributed by atoms with van der Waals surface area (Å²) in [5.74, 6) is 0.918. The van der Waals surface area contributed by atoms with Gasteiger partial charge in [0.05, 0.1) is 0 Å². The SMILES string of the molecule is c1ccc(NCCc2cccnc2)nc1. The Kier molecular flexibility index (Phi) is 3.28. The zero-order chi connectivity index (χ0) is 10.3. The van der Waals surface area contributed by atoms with Crippen molar-refractivity contribution in [3.8, 4) is 0 Å². The van der Waals surface area contributed by atoms with Crippen molar-refractivity contribution >= 4 is 5.82 Å². The third-order valence-corrected chi connectivity index (χ3v) is 2.11. The van der Waals surface area contributed by atoms with Crippen LogP contribution in [0.2, 0.25) is 0 Å². The van der Waals surface area contributed by atoms with Gasteiger partial charge in [0.15, 0.2) is 0 Å². The first-order chi connectivity index (χ1) is 7.45. The first kappa shape index (κ1) is 9.65. The lowest BCUT2D eigenvalue weighted by molar-refractivity contribution is 0.994. The minimum atomic E-state index is 0.878. The molecule has 0 spiro atoms. The van der Waals surface area contributed by atoms with Crippen LogP contribution in [-0.4, -0.2) is 16.5 Å². The smallest absolute Gasteiger partial charge is 0.125 e. The molecule has 0 unspecified atom stereocenters. The van der Waals surface area contributed by atoms with E-state index in [-0.39, 0.29) is 0 Å². The fraction of sp³-hybridized carbons (Fsp3) is 0.167. The van der Waals surface area contributed by atoms with Gasteiger partial charge in [-0.15, -0.1) is 0 Å². The summed E-state index contributed by atoms with van der Waals surface area (Å²) in [4.78, 5) is 8.25. The Balaban J connectivity index is 1.81. The standard InChI is InChI=1S/C12H13N3/c1-2-8-14-12(5-1)15-9-6-11-4-3-7-13-10-11/h1-5,7-8,10H,6,9H2,(H,14,15). The van der Waals surface area contributed by atoms with Crippen LogP contribution in [0.1, 0.15) is 5.56 Å². The van der Waals surface area contributed by atoms with Crippen LogP contribution in [0.3, 0.4) is 0 Å². The second-order valence-corrected chi connectivity index (χ2v) is 3.25. The number of pyridine rings is 2. The van der Waals surface area contributed by atoms with E-state index in [0.29, 0.717) is 0 Å². The maximum atomic E-state index is 4.18. The number of hydrogen-bond acceptors (Lipinski definition) is 3. The van der Waals surface area contributed by atoms with Crippen LogP contribution >= 0.6 is 0 Å². The van der Waals surface area contributed by atoms with Gasteiger partial charge in [-0.25, -0.2) is 4.98 Å². The zero-order valence-electron chi connectivity index (χ0n) is 8.43. The number of nitrogens with zero attached hydrogens (tertiary/aromatic N) is 2. The molecule has 3 nitrogen and oxygen atoms in total. The first-order valence-electron chi connectivity index (χ1n) is 4.99. The minimum Gasteiger partial charge on any atom is -0.370 e. The normalized spacial score (nSPS) is 9.87. The summed E-state index contributed by atoms with van der Waals surface area (Å²) in [6, 6.07) is 9.87. The molecule has 0 bridgehead atoms. The Morgan fingerprint density at radius 3 is 2.80 bits per heavy atom. The number of aromatic nitrogens is 2. The summed E-state index contributed by atoms with van der Waals surface area (Å²) < 4.78 is 0. The molecule has 2 aromatic heterocycles. The van der Waals surface area contributed by atoms with E-state index >= 15 is 0 Å². The van der Waals surface area contributed by atoms with Crippen LogP contribution in [-0.2, 0) is 6.42 Å². The predicted octanol–water partition coefficient (Wildman–Crippen LogP) is 2.13. The van der Waals surface area contributed by atoms with Crippen molar-refractivity contribution in [2.75, 3.05) is 11.9 Å². The number of rotatable bonds is 4. The van der Waals surface area contributed by atoms with E-state index < -0.39 is 0 Å². The minimum absolute atomic E-state index is 0.878. The molecule has 0 aromatic carbocycles. The van der Waals surface area contributed by atoms with E-state index in [1.165, 1.54) is 5.56 Å². The van der Waals surface area contributed by atoms with Crippen molar-refractivity contribution < 1.29 is 0 Å². The Morgan fingerprint density at radius 1 is 1.07 bits per heavy atom. The van der Waals surface area contributed by atoms with Crippen molar-refractivity contribution in [3.05, 3.63) is 54.5 Å². The van der Waals surface area contributed by atoms with E-state index in [4.69, 9.17) is 0 Å². The first-order valence-corrected chi connectivity index (χ1v) is 4.99. The number of hydrogen-bond donors (Lipinski definition) is 1. The molecule has 2 heterocycles. The topological polar surface area (TPSA) is 37.8 Å². The third kappa shape index (κ3) is 3.06. The lowest BCUT2D eigenvalue weighted by Gasteiger charge is -2.04. The van der Waals surface area contributed by atoms with Crippen molar-refractivity contribution in [1.29, 1.82) is 0 Å². The van der Waals surface area contributed by atoms with Gasteiger partial charge in [-0.1, -0.05) is 12.1 Å². The Labute approximate surface area is 89.2 Å². The van der Waals surface area contributed by atoms with Crippen LogP contribution in [0, 0.1) is 0 Å². The van der Waals surface area contributed by atoms with Crippen molar-refractivity contribution in [1.82, 2.24) is 9.97 Å². The maximum absolute atomic E-state index is 4.18. The van der Waals surface area contributed by atoms with E-state index in [1.807, 2.05) is 30.5 Å². The molecule has 0 aliphatic rings. The molecule has 0 aliphatic heterocycles. The highest BCUT2D eigenvalue weighted by Gasteiger charge is 1.93. The van der Waals surface area contributed by atoms with Gasteiger partial charge in [-0.2, -0.15) is 0 Å². The molecule has 0 atom stereocenters. The van der Waals surface area contributed by atoms with Crippen molar-refractivity contribution in [2.24, 2.45) is 0 Å². The highest BCUT2D eigenvalue weighted by molar-refractivity contribution is 5.33. The predicted molar refractivity (Wildman–Crippen MR) is 60.7 cm³/mol. The number of anilines is 1. The average molecular weight is 199 g/mol. The molecule has 0 radical (unpaired) electrons. The van der Waals surface area contributed by atoms with Crippen LogP contribution in [0.25, 0.3) is 0 Å². The average Bonchev–Trinajstić information content (AvgIpc) is 2.32. The van der Waals surface area contributed by atoms with Crippen molar-refractivity contribution in [3.63, 3.8) is 0 Å². The lowest BCUT2D eigenvalue weighted by atomic mass is 10.2. The van der Waals surface area contributed by atoms with Gasteiger partial charge in [0.25, 0.3) is 0 Å². The molecule has 0 saturated heterocycles. The highest BCUT2D eigenvalue weighted by Crippen LogP contribution is 2.01. The summed E-state index contributed by atoms with van der Waals surface area (Å²) in [6.07, 6.45) is 6.42. The molecule has 0 fully saturated rings. The Hall–Kier alpha value is -1.90. The molecule has 0 amide bonds. The molecule has 2 aromatic rings. The zero-order valence-corrected chi connectivity index (χ0v) is 8.43. The van der Waals surface area contributed by atoms with Crippen LogP contribution in [0.4, 0.5) is 5.82 Å². The van der Waals surface area contributed by atoms with Crippen LogP contribution in [0.5, 0.6) is 0 Å². The Bertz CT molecular complexity index is 347. The molecular formula is C12H13N3.